The standard InChI is InChI=1S/C8H9ClN6O2/c9-2-1-3-15-8(17)14-4-11-5(6(10)16)7(14)12-13-15/h4H,1-3H2,(H2,10,16). The fourth-order valence-electron chi connectivity index (χ4n) is 1.36. The molecule has 8 nitrogen and oxygen atoms in total. The number of amides is 1. The van der Waals surface area contributed by atoms with Gasteiger partial charge in [-0.25, -0.2) is 14.2 Å². The minimum Gasteiger partial charge on any atom is -0.364 e. The number of aryl methyl sites for hydroxylation is 1. The van der Waals surface area contributed by atoms with Gasteiger partial charge in [0.25, 0.3) is 5.91 Å². The zero-order valence-corrected chi connectivity index (χ0v) is 9.46. The molecule has 0 saturated carbocycles. The SMILES string of the molecule is NC(=O)c1ncn2c(=O)n(CCCCl)nnc12. The number of imidazole rings is 1. The van der Waals surface area contributed by atoms with E-state index in [2.05, 4.69) is 15.3 Å². The number of rotatable bonds is 4. The van der Waals surface area contributed by atoms with Gasteiger partial charge in [-0.2, -0.15) is 4.68 Å². The number of hydrogen-bond acceptors (Lipinski definition) is 5. The van der Waals surface area contributed by atoms with E-state index in [9.17, 15) is 9.59 Å². The number of hydrogen-bond donors (Lipinski definition) is 1. The lowest BCUT2D eigenvalue weighted by Crippen LogP contribution is -2.30. The van der Waals surface area contributed by atoms with E-state index in [1.54, 1.807) is 0 Å². The molecule has 0 radical (unpaired) electrons. The summed E-state index contributed by atoms with van der Waals surface area (Å²) in [6.07, 6.45) is 1.79. The molecule has 0 unspecified atom stereocenters. The number of aromatic nitrogens is 5. The van der Waals surface area contributed by atoms with Crippen LogP contribution in [-0.4, -0.2) is 36.2 Å². The molecule has 1 amide bonds. The van der Waals surface area contributed by atoms with E-state index in [1.807, 2.05) is 0 Å². The van der Waals surface area contributed by atoms with Crippen LogP contribution in [0.1, 0.15) is 16.9 Å². The van der Waals surface area contributed by atoms with E-state index in [-0.39, 0.29) is 11.3 Å². The number of nitrogens with two attached hydrogens (primary N) is 1. The van der Waals surface area contributed by atoms with Crippen LogP contribution in [0.25, 0.3) is 5.65 Å². The molecule has 2 N–H and O–H groups in total. The number of alkyl halides is 1. The second kappa shape index (κ2) is 4.50. The highest BCUT2D eigenvalue weighted by Crippen LogP contribution is 2.00. The Bertz CT molecular complexity index is 618. The van der Waals surface area contributed by atoms with Gasteiger partial charge < -0.3 is 5.73 Å². The summed E-state index contributed by atoms with van der Waals surface area (Å²) < 4.78 is 2.28. The zero-order valence-electron chi connectivity index (χ0n) is 8.71. The van der Waals surface area contributed by atoms with Crippen molar-refractivity contribution in [3.63, 3.8) is 0 Å². The maximum absolute atomic E-state index is 11.9. The number of carbonyl (C=O) groups excluding carboxylic acids is 1. The van der Waals surface area contributed by atoms with E-state index in [4.69, 9.17) is 17.3 Å². The molecule has 0 aliphatic rings. The topological polar surface area (TPSA) is 108 Å². The fraction of sp³-hybridized carbons (Fsp3) is 0.375. The van der Waals surface area contributed by atoms with Crippen LogP contribution >= 0.6 is 11.6 Å². The van der Waals surface area contributed by atoms with Crippen molar-refractivity contribution in [2.24, 2.45) is 5.73 Å². The normalized spacial score (nSPS) is 10.9. The second-order valence-corrected chi connectivity index (χ2v) is 3.67. The number of carbonyl (C=O) groups is 1. The Labute approximate surface area is 100 Å². The van der Waals surface area contributed by atoms with Crippen molar-refractivity contribution in [3.8, 4) is 0 Å². The number of nitrogens with zero attached hydrogens (tertiary/aromatic N) is 5. The summed E-state index contributed by atoms with van der Waals surface area (Å²) in [7, 11) is 0. The Morgan fingerprint density at radius 2 is 2.29 bits per heavy atom. The summed E-state index contributed by atoms with van der Waals surface area (Å²) in [5, 5.41) is 7.43. The summed E-state index contributed by atoms with van der Waals surface area (Å²) in [4.78, 5) is 26.6. The molecule has 0 aromatic carbocycles. The van der Waals surface area contributed by atoms with E-state index < -0.39 is 11.6 Å². The monoisotopic (exact) mass is 256 g/mol. The van der Waals surface area contributed by atoms with Crippen LogP contribution in [-0.2, 0) is 6.54 Å². The van der Waals surface area contributed by atoms with Crippen molar-refractivity contribution >= 4 is 23.2 Å². The summed E-state index contributed by atoms with van der Waals surface area (Å²) in [6.45, 7) is 0.357. The average molecular weight is 257 g/mol. The lowest BCUT2D eigenvalue weighted by atomic mass is 10.4. The van der Waals surface area contributed by atoms with Crippen LogP contribution < -0.4 is 11.4 Å². The third kappa shape index (κ3) is 1.98. The molecule has 0 aliphatic heterocycles. The second-order valence-electron chi connectivity index (χ2n) is 3.29. The van der Waals surface area contributed by atoms with E-state index >= 15 is 0 Å². The Kier molecular flexibility index (Phi) is 3.05. The molecule has 9 heteroatoms. The summed E-state index contributed by atoms with van der Waals surface area (Å²) >= 11 is 5.52. The Morgan fingerprint density at radius 1 is 1.53 bits per heavy atom. The van der Waals surface area contributed by atoms with Crippen LogP contribution in [0.5, 0.6) is 0 Å². The molecule has 2 aromatic rings. The minimum atomic E-state index is -0.750. The quantitative estimate of drug-likeness (QED) is 0.707. The molecule has 0 aliphatic carbocycles. The number of primary amides is 1. The molecule has 0 saturated heterocycles. The molecule has 2 heterocycles. The first-order valence-electron chi connectivity index (χ1n) is 4.81. The summed E-state index contributed by atoms with van der Waals surface area (Å²) in [5.41, 5.74) is 4.64. The first kappa shape index (κ1) is 11.5. The molecule has 0 fully saturated rings. The summed E-state index contributed by atoms with van der Waals surface area (Å²) in [6, 6.07) is 0. The Balaban J connectivity index is 2.54. The van der Waals surface area contributed by atoms with Crippen LogP contribution in [0, 0.1) is 0 Å². The minimum absolute atomic E-state index is 0.0598. The fourth-order valence-corrected chi connectivity index (χ4v) is 1.48. The Morgan fingerprint density at radius 3 is 2.94 bits per heavy atom. The predicted molar refractivity (Wildman–Crippen MR) is 58.9 cm³/mol. The molecule has 17 heavy (non-hydrogen) atoms. The first-order valence-corrected chi connectivity index (χ1v) is 5.35. The molecule has 0 bridgehead atoms. The van der Waals surface area contributed by atoms with Crippen LogP contribution in [0.15, 0.2) is 11.1 Å². The smallest absolute Gasteiger partial charge is 0.352 e. The van der Waals surface area contributed by atoms with Gasteiger partial charge in [-0.15, -0.1) is 16.7 Å². The van der Waals surface area contributed by atoms with Crippen molar-refractivity contribution in [2.45, 2.75) is 13.0 Å². The van der Waals surface area contributed by atoms with Gasteiger partial charge >= 0.3 is 5.69 Å². The maximum atomic E-state index is 11.9. The molecule has 2 aromatic heterocycles. The lowest BCUT2D eigenvalue weighted by molar-refractivity contribution is 0.0997. The van der Waals surface area contributed by atoms with E-state index in [0.29, 0.717) is 18.8 Å². The van der Waals surface area contributed by atoms with E-state index in [0.717, 1.165) is 9.08 Å². The molecule has 90 valence electrons. The third-order valence-electron chi connectivity index (χ3n) is 2.15. The number of halogens is 1. The number of fused-ring (bicyclic) bond motifs is 1. The first-order chi connectivity index (χ1) is 8.15. The molecule has 0 atom stereocenters. The average Bonchev–Trinajstić information content (AvgIpc) is 2.73. The molecule has 2 rings (SSSR count). The zero-order chi connectivity index (χ0) is 12.4. The van der Waals surface area contributed by atoms with Gasteiger partial charge in [0, 0.05) is 12.4 Å². The van der Waals surface area contributed by atoms with Gasteiger partial charge in [0.2, 0.25) is 0 Å². The molecular weight excluding hydrogens is 248 g/mol. The Hall–Kier alpha value is -1.96. The predicted octanol–water partition coefficient (Wildman–Crippen LogP) is -0.986. The van der Waals surface area contributed by atoms with Crippen molar-refractivity contribution < 1.29 is 4.79 Å². The lowest BCUT2D eigenvalue weighted by Gasteiger charge is -2.01. The van der Waals surface area contributed by atoms with Crippen LogP contribution in [0.4, 0.5) is 0 Å². The molecular formula is C8H9ClN6O2. The van der Waals surface area contributed by atoms with Gasteiger partial charge in [0.1, 0.15) is 6.33 Å². The van der Waals surface area contributed by atoms with Crippen LogP contribution in [0.3, 0.4) is 0 Å². The van der Waals surface area contributed by atoms with Crippen molar-refractivity contribution in [2.75, 3.05) is 5.88 Å². The van der Waals surface area contributed by atoms with Crippen molar-refractivity contribution in [1.82, 2.24) is 24.4 Å². The highest BCUT2D eigenvalue weighted by molar-refractivity contribution is 6.17. The van der Waals surface area contributed by atoms with E-state index in [1.165, 1.54) is 6.33 Å². The molecule has 0 spiro atoms. The van der Waals surface area contributed by atoms with Crippen molar-refractivity contribution in [1.29, 1.82) is 0 Å². The highest BCUT2D eigenvalue weighted by Gasteiger charge is 2.14. The van der Waals surface area contributed by atoms with Gasteiger partial charge in [-0.1, -0.05) is 5.21 Å². The van der Waals surface area contributed by atoms with Gasteiger partial charge in [0.05, 0.1) is 0 Å². The largest absolute Gasteiger partial charge is 0.364 e. The van der Waals surface area contributed by atoms with Gasteiger partial charge in [-0.3, -0.25) is 4.79 Å². The van der Waals surface area contributed by atoms with Crippen LogP contribution in [0.2, 0.25) is 0 Å². The van der Waals surface area contributed by atoms with Crippen molar-refractivity contribution in [3.05, 3.63) is 22.5 Å². The van der Waals surface area contributed by atoms with Gasteiger partial charge in [0.15, 0.2) is 11.3 Å². The maximum Gasteiger partial charge on any atom is 0.352 e. The highest BCUT2D eigenvalue weighted by atomic mass is 35.5. The summed E-state index contributed by atoms with van der Waals surface area (Å²) in [5.74, 6) is -0.331. The third-order valence-corrected chi connectivity index (χ3v) is 2.42. The van der Waals surface area contributed by atoms with Gasteiger partial charge in [-0.05, 0) is 6.42 Å².